The Morgan fingerprint density at radius 2 is 2.33 bits per heavy atom. The summed E-state index contributed by atoms with van der Waals surface area (Å²) in [5, 5.41) is 4.24. The number of rotatable bonds is 0. The highest BCUT2D eigenvalue weighted by atomic mass is 35.5. The molecule has 0 radical (unpaired) electrons. The quantitative estimate of drug-likeness (QED) is 0.646. The van der Waals surface area contributed by atoms with E-state index in [0.717, 1.165) is 23.4 Å². The number of anilines is 1. The predicted octanol–water partition coefficient (Wildman–Crippen LogP) is 2.87. The largest absolute Gasteiger partial charge is 0.384 e. The van der Waals surface area contributed by atoms with Crippen molar-refractivity contribution in [3.8, 4) is 0 Å². The van der Waals surface area contributed by atoms with Gasteiger partial charge in [-0.1, -0.05) is 17.7 Å². The van der Waals surface area contributed by atoms with Gasteiger partial charge >= 0.3 is 0 Å². The van der Waals surface area contributed by atoms with Gasteiger partial charge in [0.15, 0.2) is 0 Å². The lowest BCUT2D eigenvalue weighted by molar-refractivity contribution is 0.817. The molecule has 0 saturated heterocycles. The highest BCUT2D eigenvalue weighted by Gasteiger charge is 2.42. The molecule has 1 aromatic carbocycles. The molecule has 0 amide bonds. The van der Waals surface area contributed by atoms with Crippen molar-refractivity contribution < 1.29 is 0 Å². The first kappa shape index (κ1) is 6.79. The van der Waals surface area contributed by atoms with Crippen LogP contribution in [0.2, 0.25) is 5.02 Å². The topological polar surface area (TPSA) is 12.0 Å². The lowest BCUT2D eigenvalue weighted by Gasteiger charge is -2.16. The number of nitrogens with one attached hydrogen (secondary N) is 1. The van der Waals surface area contributed by atoms with Crippen molar-refractivity contribution in [2.24, 2.45) is 5.92 Å². The standard InChI is InChI=1S/C10H10ClN/c11-7-1-2-8-9-3-6(9)5-12-10(8)4-7/h1-2,4,6,9,12H,3,5H2. The molecule has 3 rings (SSSR count). The Labute approximate surface area is 76.7 Å². The van der Waals surface area contributed by atoms with E-state index in [0.29, 0.717) is 0 Å². The number of hydrogen-bond acceptors (Lipinski definition) is 1. The third kappa shape index (κ3) is 0.862. The number of hydrogen-bond donors (Lipinski definition) is 1. The zero-order valence-electron chi connectivity index (χ0n) is 6.68. The van der Waals surface area contributed by atoms with E-state index in [2.05, 4.69) is 11.4 Å². The average molecular weight is 180 g/mol. The van der Waals surface area contributed by atoms with Crippen molar-refractivity contribution in [3.63, 3.8) is 0 Å². The first-order valence-corrected chi connectivity index (χ1v) is 4.76. The van der Waals surface area contributed by atoms with Crippen LogP contribution < -0.4 is 5.32 Å². The van der Waals surface area contributed by atoms with Gasteiger partial charge in [-0.2, -0.15) is 0 Å². The van der Waals surface area contributed by atoms with E-state index >= 15 is 0 Å². The van der Waals surface area contributed by atoms with Gasteiger partial charge in [0.25, 0.3) is 0 Å². The maximum absolute atomic E-state index is 5.90. The Hall–Kier alpha value is -0.690. The monoisotopic (exact) mass is 179 g/mol. The van der Waals surface area contributed by atoms with E-state index in [4.69, 9.17) is 11.6 Å². The first-order valence-electron chi connectivity index (χ1n) is 4.38. The van der Waals surface area contributed by atoms with Gasteiger partial charge in [0, 0.05) is 17.3 Å². The summed E-state index contributed by atoms with van der Waals surface area (Å²) in [7, 11) is 0. The SMILES string of the molecule is Clc1ccc2c(c1)NCC1CC21. The molecule has 1 N–H and O–H groups in total. The van der Waals surface area contributed by atoms with Crippen molar-refractivity contribution in [1.29, 1.82) is 0 Å². The fourth-order valence-electron chi connectivity index (χ4n) is 2.10. The molecule has 1 aliphatic heterocycles. The van der Waals surface area contributed by atoms with Crippen LogP contribution in [-0.2, 0) is 0 Å². The Kier molecular flexibility index (Phi) is 1.23. The molecule has 62 valence electrons. The summed E-state index contributed by atoms with van der Waals surface area (Å²) >= 11 is 5.90. The summed E-state index contributed by atoms with van der Waals surface area (Å²) in [4.78, 5) is 0. The summed E-state index contributed by atoms with van der Waals surface area (Å²) in [5.74, 6) is 1.73. The minimum Gasteiger partial charge on any atom is -0.384 e. The molecular weight excluding hydrogens is 170 g/mol. The Balaban J connectivity index is 2.12. The predicted molar refractivity (Wildman–Crippen MR) is 50.8 cm³/mol. The molecule has 12 heavy (non-hydrogen) atoms. The van der Waals surface area contributed by atoms with Crippen molar-refractivity contribution in [1.82, 2.24) is 0 Å². The summed E-state index contributed by atoms with van der Waals surface area (Å²) < 4.78 is 0. The van der Waals surface area contributed by atoms with Crippen molar-refractivity contribution in [3.05, 3.63) is 28.8 Å². The van der Waals surface area contributed by atoms with Gasteiger partial charge in [0.1, 0.15) is 0 Å². The molecule has 2 aliphatic rings. The van der Waals surface area contributed by atoms with E-state index in [1.54, 1.807) is 0 Å². The summed E-state index contributed by atoms with van der Waals surface area (Å²) in [6.45, 7) is 1.14. The van der Waals surface area contributed by atoms with Crippen LogP contribution in [0, 0.1) is 5.92 Å². The molecule has 1 saturated carbocycles. The molecule has 2 atom stereocenters. The number of halogens is 1. The van der Waals surface area contributed by atoms with E-state index in [1.807, 2.05) is 12.1 Å². The highest BCUT2D eigenvalue weighted by Crippen LogP contribution is 2.52. The second kappa shape index (κ2) is 2.17. The van der Waals surface area contributed by atoms with Crippen molar-refractivity contribution >= 4 is 17.3 Å². The van der Waals surface area contributed by atoms with Gasteiger partial charge in [-0.3, -0.25) is 0 Å². The maximum Gasteiger partial charge on any atom is 0.0426 e. The Morgan fingerprint density at radius 3 is 3.25 bits per heavy atom. The summed E-state index contributed by atoms with van der Waals surface area (Å²) in [6.07, 6.45) is 1.36. The molecule has 1 aromatic rings. The summed E-state index contributed by atoms with van der Waals surface area (Å²) in [6, 6.07) is 6.18. The average Bonchev–Trinajstić information content (AvgIpc) is 2.82. The zero-order chi connectivity index (χ0) is 8.13. The highest BCUT2D eigenvalue weighted by molar-refractivity contribution is 6.30. The van der Waals surface area contributed by atoms with Crippen LogP contribution in [-0.4, -0.2) is 6.54 Å². The molecule has 2 heteroatoms. The minimum absolute atomic E-state index is 0.832. The fourth-order valence-corrected chi connectivity index (χ4v) is 2.27. The number of benzene rings is 1. The Morgan fingerprint density at radius 1 is 1.42 bits per heavy atom. The second-order valence-electron chi connectivity index (χ2n) is 3.71. The molecule has 0 spiro atoms. The smallest absolute Gasteiger partial charge is 0.0426 e. The molecule has 1 nitrogen and oxygen atoms in total. The van der Waals surface area contributed by atoms with Gasteiger partial charge in [-0.05, 0) is 36.0 Å². The molecule has 2 unspecified atom stereocenters. The zero-order valence-corrected chi connectivity index (χ0v) is 7.43. The minimum atomic E-state index is 0.832. The van der Waals surface area contributed by atoms with E-state index in [-0.39, 0.29) is 0 Å². The van der Waals surface area contributed by atoms with Gasteiger partial charge < -0.3 is 5.32 Å². The molecular formula is C10H10ClN. The van der Waals surface area contributed by atoms with Crippen LogP contribution in [0.3, 0.4) is 0 Å². The van der Waals surface area contributed by atoms with Crippen LogP contribution in [0.5, 0.6) is 0 Å². The van der Waals surface area contributed by atoms with Crippen LogP contribution in [0.15, 0.2) is 18.2 Å². The second-order valence-corrected chi connectivity index (χ2v) is 4.15. The van der Waals surface area contributed by atoms with Crippen LogP contribution >= 0.6 is 11.6 Å². The van der Waals surface area contributed by atoms with E-state index in [1.165, 1.54) is 17.7 Å². The van der Waals surface area contributed by atoms with Gasteiger partial charge in [0.2, 0.25) is 0 Å². The first-order chi connectivity index (χ1) is 5.84. The van der Waals surface area contributed by atoms with Gasteiger partial charge in [-0.15, -0.1) is 0 Å². The van der Waals surface area contributed by atoms with Gasteiger partial charge in [0.05, 0.1) is 0 Å². The summed E-state index contributed by atoms with van der Waals surface area (Å²) in [5.41, 5.74) is 2.72. The fraction of sp³-hybridized carbons (Fsp3) is 0.400. The van der Waals surface area contributed by atoms with Crippen molar-refractivity contribution in [2.75, 3.05) is 11.9 Å². The molecule has 1 heterocycles. The van der Waals surface area contributed by atoms with Crippen LogP contribution in [0.4, 0.5) is 5.69 Å². The number of fused-ring (bicyclic) bond motifs is 3. The van der Waals surface area contributed by atoms with Crippen molar-refractivity contribution in [2.45, 2.75) is 12.3 Å². The third-order valence-corrected chi connectivity index (χ3v) is 3.13. The lowest BCUT2D eigenvalue weighted by Crippen LogP contribution is -2.11. The van der Waals surface area contributed by atoms with E-state index < -0.39 is 0 Å². The van der Waals surface area contributed by atoms with Crippen LogP contribution in [0.1, 0.15) is 17.9 Å². The normalized spacial score (nSPS) is 30.1. The maximum atomic E-state index is 5.90. The molecule has 1 aliphatic carbocycles. The van der Waals surface area contributed by atoms with E-state index in [9.17, 15) is 0 Å². The molecule has 0 aromatic heterocycles. The van der Waals surface area contributed by atoms with Gasteiger partial charge in [-0.25, -0.2) is 0 Å². The Bertz CT molecular complexity index is 335. The third-order valence-electron chi connectivity index (χ3n) is 2.89. The molecule has 0 bridgehead atoms. The van der Waals surface area contributed by atoms with Crippen LogP contribution in [0.25, 0.3) is 0 Å². The lowest BCUT2D eigenvalue weighted by atomic mass is 10.0. The molecule has 1 fully saturated rings.